The minimum atomic E-state index is -3.10. The molecule has 1 saturated heterocycles. The Balaban J connectivity index is 2.53. The molecule has 0 spiro atoms. The molecule has 1 fully saturated rings. The maximum absolute atomic E-state index is 11.1. The van der Waals surface area contributed by atoms with Crippen molar-refractivity contribution in [2.24, 2.45) is 0 Å². The lowest BCUT2D eigenvalue weighted by molar-refractivity contribution is -0.127. The molecule has 1 heterocycles. The average molecular weight is 205 g/mol. The van der Waals surface area contributed by atoms with Crippen LogP contribution in [0.15, 0.2) is 0 Å². The van der Waals surface area contributed by atoms with Gasteiger partial charge in [-0.1, -0.05) is 0 Å². The Morgan fingerprint density at radius 3 is 2.00 bits per heavy atom. The number of sulfonamides is 1. The molecule has 1 amide bonds. The zero-order chi connectivity index (χ0) is 10.1. The molecule has 1 rings (SSSR count). The van der Waals surface area contributed by atoms with E-state index in [-0.39, 0.29) is 5.91 Å². The van der Waals surface area contributed by atoms with Gasteiger partial charge in [-0.15, -0.1) is 0 Å². The van der Waals surface area contributed by atoms with Crippen molar-refractivity contribution in [3.05, 3.63) is 6.92 Å². The predicted molar refractivity (Wildman–Crippen MR) is 48.4 cm³/mol. The van der Waals surface area contributed by atoms with Gasteiger partial charge in [-0.05, 0) is 0 Å². The molecule has 0 N–H and O–H groups in total. The number of amides is 1. The summed E-state index contributed by atoms with van der Waals surface area (Å²) < 4.78 is 23.5. The largest absolute Gasteiger partial charge is 0.340 e. The Morgan fingerprint density at radius 1 is 1.23 bits per heavy atom. The molecule has 0 bridgehead atoms. The molecule has 0 aromatic rings. The average Bonchev–Trinajstić information content (AvgIpc) is 2.03. The summed E-state index contributed by atoms with van der Waals surface area (Å²) >= 11 is 0. The second kappa shape index (κ2) is 3.63. The maximum atomic E-state index is 11.1. The molecule has 75 valence electrons. The van der Waals surface area contributed by atoms with Crippen LogP contribution < -0.4 is 0 Å². The summed E-state index contributed by atoms with van der Waals surface area (Å²) in [5.41, 5.74) is 0. The summed E-state index contributed by atoms with van der Waals surface area (Å²) in [4.78, 5) is 12.3. The van der Waals surface area contributed by atoms with Crippen molar-refractivity contribution < 1.29 is 13.2 Å². The third kappa shape index (κ3) is 2.67. The smallest absolute Gasteiger partial charge is 0.223 e. The summed E-state index contributed by atoms with van der Waals surface area (Å²) in [6, 6.07) is 0. The highest BCUT2D eigenvalue weighted by atomic mass is 32.2. The molecule has 5 nitrogen and oxygen atoms in total. The zero-order valence-corrected chi connectivity index (χ0v) is 8.38. The van der Waals surface area contributed by atoms with E-state index in [2.05, 4.69) is 6.92 Å². The molecule has 13 heavy (non-hydrogen) atoms. The number of carbonyl (C=O) groups is 1. The lowest BCUT2D eigenvalue weighted by Crippen LogP contribution is -2.49. The fourth-order valence-corrected chi connectivity index (χ4v) is 2.10. The van der Waals surface area contributed by atoms with Gasteiger partial charge in [0.05, 0.1) is 6.26 Å². The van der Waals surface area contributed by atoms with E-state index in [0.29, 0.717) is 26.2 Å². The lowest BCUT2D eigenvalue weighted by atomic mass is 10.3. The topological polar surface area (TPSA) is 57.7 Å². The van der Waals surface area contributed by atoms with Crippen LogP contribution in [0.3, 0.4) is 0 Å². The molecule has 0 unspecified atom stereocenters. The lowest BCUT2D eigenvalue weighted by Gasteiger charge is -2.32. The Morgan fingerprint density at radius 2 is 1.69 bits per heavy atom. The van der Waals surface area contributed by atoms with Crippen LogP contribution in [0.4, 0.5) is 0 Å². The predicted octanol–water partition coefficient (Wildman–Crippen LogP) is -1.08. The first kappa shape index (κ1) is 10.5. The van der Waals surface area contributed by atoms with Gasteiger partial charge in [0.25, 0.3) is 0 Å². The van der Waals surface area contributed by atoms with E-state index in [4.69, 9.17) is 0 Å². The van der Waals surface area contributed by atoms with Gasteiger partial charge in [0.2, 0.25) is 15.9 Å². The van der Waals surface area contributed by atoms with Gasteiger partial charge in [0.1, 0.15) is 0 Å². The standard InChI is InChI=1S/C7H13N2O3S/c1-7(10)8-3-5-9(6-4-8)13(2,11)12/h1,3-6H2,2H3. The van der Waals surface area contributed by atoms with Crippen LogP contribution in [-0.4, -0.2) is 56.0 Å². The second-order valence-electron chi connectivity index (χ2n) is 3.04. The van der Waals surface area contributed by atoms with Crippen molar-refractivity contribution >= 4 is 15.9 Å². The highest BCUT2D eigenvalue weighted by Gasteiger charge is 2.24. The number of carbonyl (C=O) groups excluding carboxylic acids is 1. The van der Waals surface area contributed by atoms with Crippen LogP contribution in [0.5, 0.6) is 0 Å². The first-order valence-electron chi connectivity index (χ1n) is 3.97. The molecule has 1 aliphatic heterocycles. The minimum Gasteiger partial charge on any atom is -0.340 e. The molecule has 0 aromatic carbocycles. The second-order valence-corrected chi connectivity index (χ2v) is 5.03. The molecular weight excluding hydrogens is 192 g/mol. The van der Waals surface area contributed by atoms with Crippen molar-refractivity contribution in [2.75, 3.05) is 32.4 Å². The quantitative estimate of drug-likeness (QED) is 0.547. The van der Waals surface area contributed by atoms with Gasteiger partial charge >= 0.3 is 0 Å². The van der Waals surface area contributed by atoms with Crippen LogP contribution in [-0.2, 0) is 14.8 Å². The number of nitrogens with zero attached hydrogens (tertiary/aromatic N) is 2. The van der Waals surface area contributed by atoms with Crippen LogP contribution in [0, 0.1) is 6.92 Å². The molecule has 1 radical (unpaired) electrons. The summed E-state index contributed by atoms with van der Waals surface area (Å²) in [6.07, 6.45) is 1.18. The number of hydrogen-bond acceptors (Lipinski definition) is 3. The van der Waals surface area contributed by atoms with Gasteiger partial charge in [-0.2, -0.15) is 4.31 Å². The van der Waals surface area contributed by atoms with Crippen molar-refractivity contribution in [2.45, 2.75) is 0 Å². The molecular formula is C7H13N2O3S. The minimum absolute atomic E-state index is 0.242. The normalized spacial score (nSPS) is 20.3. The Bertz CT molecular complexity index is 291. The fraction of sp³-hybridized carbons (Fsp3) is 0.714. The first-order valence-corrected chi connectivity index (χ1v) is 5.82. The van der Waals surface area contributed by atoms with E-state index >= 15 is 0 Å². The van der Waals surface area contributed by atoms with Gasteiger partial charge in [0, 0.05) is 33.1 Å². The Labute approximate surface area is 78.4 Å². The SMILES string of the molecule is [CH2]C(=O)N1CCN(S(C)(=O)=O)CC1. The van der Waals surface area contributed by atoms with E-state index < -0.39 is 10.0 Å². The summed E-state index contributed by atoms with van der Waals surface area (Å²) in [5, 5.41) is 0. The van der Waals surface area contributed by atoms with Gasteiger partial charge in [-0.3, -0.25) is 4.79 Å². The highest BCUT2D eigenvalue weighted by molar-refractivity contribution is 7.88. The Kier molecular flexibility index (Phi) is 2.92. The molecule has 0 saturated carbocycles. The maximum Gasteiger partial charge on any atom is 0.223 e. The third-order valence-electron chi connectivity index (χ3n) is 2.06. The van der Waals surface area contributed by atoms with Crippen molar-refractivity contribution in [1.82, 2.24) is 9.21 Å². The summed E-state index contributed by atoms with van der Waals surface area (Å²) in [7, 11) is -3.10. The van der Waals surface area contributed by atoms with Crippen LogP contribution in [0.1, 0.15) is 0 Å². The van der Waals surface area contributed by atoms with Crippen LogP contribution in [0.25, 0.3) is 0 Å². The molecule has 0 aliphatic carbocycles. The summed E-state index contributed by atoms with van der Waals surface area (Å²) in [5.74, 6) is -0.242. The third-order valence-corrected chi connectivity index (χ3v) is 3.36. The van der Waals surface area contributed by atoms with Crippen molar-refractivity contribution in [3.8, 4) is 0 Å². The first-order chi connectivity index (χ1) is 5.91. The van der Waals surface area contributed by atoms with Crippen molar-refractivity contribution in [1.29, 1.82) is 0 Å². The summed E-state index contributed by atoms with van der Waals surface area (Å²) in [6.45, 7) is 4.90. The molecule has 6 heteroatoms. The van der Waals surface area contributed by atoms with Gasteiger partial charge < -0.3 is 4.90 Å². The highest BCUT2D eigenvalue weighted by Crippen LogP contribution is 2.05. The van der Waals surface area contributed by atoms with E-state index in [9.17, 15) is 13.2 Å². The monoisotopic (exact) mass is 205 g/mol. The fourth-order valence-electron chi connectivity index (χ4n) is 1.27. The van der Waals surface area contributed by atoms with Crippen molar-refractivity contribution in [3.63, 3.8) is 0 Å². The number of piperazine rings is 1. The van der Waals surface area contributed by atoms with Crippen LogP contribution >= 0.6 is 0 Å². The van der Waals surface area contributed by atoms with Gasteiger partial charge in [0.15, 0.2) is 0 Å². The number of hydrogen-bond donors (Lipinski definition) is 0. The van der Waals surface area contributed by atoms with E-state index in [1.807, 2.05) is 0 Å². The van der Waals surface area contributed by atoms with E-state index in [0.717, 1.165) is 0 Å². The zero-order valence-electron chi connectivity index (χ0n) is 7.56. The van der Waals surface area contributed by atoms with E-state index in [1.54, 1.807) is 4.90 Å². The molecule has 1 aliphatic rings. The Hall–Kier alpha value is -0.620. The molecule has 0 aromatic heterocycles. The van der Waals surface area contributed by atoms with Gasteiger partial charge in [-0.25, -0.2) is 8.42 Å². The van der Waals surface area contributed by atoms with E-state index in [1.165, 1.54) is 10.6 Å². The number of rotatable bonds is 1. The molecule has 0 atom stereocenters. The van der Waals surface area contributed by atoms with Crippen LogP contribution in [0.2, 0.25) is 0 Å².